The summed E-state index contributed by atoms with van der Waals surface area (Å²) in [5, 5.41) is 16.7. The van der Waals surface area contributed by atoms with Gasteiger partial charge < -0.3 is 4.42 Å². The molecule has 1 unspecified atom stereocenters. The summed E-state index contributed by atoms with van der Waals surface area (Å²) < 4.78 is 7.47. The molecule has 28 heavy (non-hydrogen) atoms. The quantitative estimate of drug-likeness (QED) is 0.508. The third-order valence-electron chi connectivity index (χ3n) is 4.41. The van der Waals surface area contributed by atoms with Crippen molar-refractivity contribution in [1.29, 1.82) is 0 Å². The SMILES string of the molecule is O=C1CSC(c2ccccc2Cl)N1c1nnc(Cn2nnc3ccccc32)o1. The molecule has 140 valence electrons. The van der Waals surface area contributed by atoms with Gasteiger partial charge in [-0.05, 0) is 18.2 Å². The predicted molar refractivity (Wildman–Crippen MR) is 105 cm³/mol. The van der Waals surface area contributed by atoms with Crippen LogP contribution in [-0.4, -0.2) is 36.9 Å². The molecule has 2 aromatic carbocycles. The van der Waals surface area contributed by atoms with Crippen molar-refractivity contribution in [3.8, 4) is 0 Å². The van der Waals surface area contributed by atoms with Gasteiger partial charge in [0.1, 0.15) is 17.4 Å². The zero-order chi connectivity index (χ0) is 19.1. The highest BCUT2D eigenvalue weighted by atomic mass is 35.5. The number of aromatic nitrogens is 5. The van der Waals surface area contributed by atoms with Crippen molar-refractivity contribution >= 4 is 46.3 Å². The Morgan fingerprint density at radius 2 is 1.93 bits per heavy atom. The van der Waals surface area contributed by atoms with Crippen LogP contribution >= 0.6 is 23.4 Å². The number of carbonyl (C=O) groups excluding carboxylic acids is 1. The Morgan fingerprint density at radius 1 is 1.11 bits per heavy atom. The Kier molecular flexibility index (Phi) is 4.25. The second-order valence-electron chi connectivity index (χ2n) is 6.16. The molecule has 0 spiro atoms. The number of thioether (sulfide) groups is 1. The number of nitrogens with zero attached hydrogens (tertiary/aromatic N) is 6. The normalized spacial score (nSPS) is 17.0. The number of hydrogen-bond donors (Lipinski definition) is 0. The van der Waals surface area contributed by atoms with E-state index >= 15 is 0 Å². The van der Waals surface area contributed by atoms with Gasteiger partial charge in [-0.25, -0.2) is 9.58 Å². The number of hydrogen-bond acceptors (Lipinski definition) is 7. The lowest BCUT2D eigenvalue weighted by Crippen LogP contribution is -2.28. The van der Waals surface area contributed by atoms with E-state index in [-0.39, 0.29) is 23.8 Å². The molecule has 2 aromatic heterocycles. The summed E-state index contributed by atoms with van der Waals surface area (Å²) in [5.74, 6) is 0.561. The molecule has 1 atom stereocenters. The third-order valence-corrected chi connectivity index (χ3v) is 5.94. The average molecular weight is 413 g/mol. The Bertz CT molecular complexity index is 1180. The second-order valence-corrected chi connectivity index (χ2v) is 7.64. The van der Waals surface area contributed by atoms with E-state index < -0.39 is 0 Å². The Hall–Kier alpha value is -2.91. The van der Waals surface area contributed by atoms with Gasteiger partial charge in [0.05, 0.1) is 11.3 Å². The molecular formula is C18H13ClN6O2S. The minimum atomic E-state index is -0.304. The first-order valence-electron chi connectivity index (χ1n) is 8.49. The summed E-state index contributed by atoms with van der Waals surface area (Å²) in [5.41, 5.74) is 2.48. The predicted octanol–water partition coefficient (Wildman–Crippen LogP) is 3.29. The van der Waals surface area contributed by atoms with Crippen LogP contribution in [0.1, 0.15) is 16.8 Å². The topological polar surface area (TPSA) is 89.9 Å². The lowest BCUT2D eigenvalue weighted by Gasteiger charge is -2.20. The molecule has 4 aromatic rings. The Labute approximate surface area is 168 Å². The van der Waals surface area contributed by atoms with Crippen LogP contribution in [0.5, 0.6) is 0 Å². The van der Waals surface area contributed by atoms with Crippen LogP contribution in [0.2, 0.25) is 5.02 Å². The van der Waals surface area contributed by atoms with Crippen LogP contribution in [0.4, 0.5) is 6.01 Å². The molecule has 0 aliphatic carbocycles. The number of amides is 1. The standard InChI is InChI=1S/C18H13ClN6O2S/c19-12-6-2-1-5-11(12)17-25(16(26)10-28-17)18-22-21-15(27-18)9-24-14-8-4-3-7-13(14)20-23-24/h1-8,17H,9-10H2. The summed E-state index contributed by atoms with van der Waals surface area (Å²) >= 11 is 7.80. The van der Waals surface area contributed by atoms with E-state index in [1.807, 2.05) is 42.5 Å². The van der Waals surface area contributed by atoms with Gasteiger partial charge in [-0.15, -0.1) is 22.0 Å². The summed E-state index contributed by atoms with van der Waals surface area (Å²) in [6, 6.07) is 15.2. The van der Waals surface area contributed by atoms with Crippen LogP contribution in [0.15, 0.2) is 52.9 Å². The monoisotopic (exact) mass is 412 g/mol. The van der Waals surface area contributed by atoms with Gasteiger partial charge in [0.2, 0.25) is 11.8 Å². The molecule has 5 rings (SSSR count). The molecule has 8 nitrogen and oxygen atoms in total. The average Bonchev–Trinajstić information content (AvgIpc) is 3.42. The summed E-state index contributed by atoms with van der Waals surface area (Å²) in [6.45, 7) is 0.263. The molecule has 1 amide bonds. The molecule has 0 N–H and O–H groups in total. The van der Waals surface area contributed by atoms with E-state index in [0.29, 0.717) is 16.7 Å². The van der Waals surface area contributed by atoms with Crippen molar-refractivity contribution in [2.45, 2.75) is 11.9 Å². The van der Waals surface area contributed by atoms with Gasteiger partial charge in [-0.2, -0.15) is 0 Å². The molecule has 1 fully saturated rings. The first-order chi connectivity index (χ1) is 13.7. The zero-order valence-corrected chi connectivity index (χ0v) is 16.0. The lowest BCUT2D eigenvalue weighted by molar-refractivity contribution is -0.116. The van der Waals surface area contributed by atoms with Gasteiger partial charge in [-0.3, -0.25) is 4.79 Å². The van der Waals surface area contributed by atoms with Crippen molar-refractivity contribution in [3.63, 3.8) is 0 Å². The summed E-state index contributed by atoms with van der Waals surface area (Å²) in [6.07, 6.45) is 0. The van der Waals surface area contributed by atoms with E-state index in [0.717, 1.165) is 16.6 Å². The maximum absolute atomic E-state index is 12.5. The first kappa shape index (κ1) is 17.2. The van der Waals surface area contributed by atoms with E-state index in [9.17, 15) is 4.79 Å². The fourth-order valence-electron chi connectivity index (χ4n) is 3.10. The molecule has 0 saturated carbocycles. The summed E-state index contributed by atoms with van der Waals surface area (Å²) in [7, 11) is 0. The number of anilines is 1. The maximum Gasteiger partial charge on any atom is 0.326 e. The van der Waals surface area contributed by atoms with Gasteiger partial charge in [0, 0.05) is 10.6 Å². The highest BCUT2D eigenvalue weighted by Gasteiger charge is 2.38. The van der Waals surface area contributed by atoms with E-state index in [2.05, 4.69) is 20.5 Å². The van der Waals surface area contributed by atoms with E-state index in [1.54, 1.807) is 10.7 Å². The van der Waals surface area contributed by atoms with Gasteiger partial charge >= 0.3 is 6.01 Å². The van der Waals surface area contributed by atoms with Crippen molar-refractivity contribution < 1.29 is 9.21 Å². The lowest BCUT2D eigenvalue weighted by atomic mass is 10.2. The first-order valence-corrected chi connectivity index (χ1v) is 9.92. The molecule has 1 saturated heterocycles. The maximum atomic E-state index is 12.5. The van der Waals surface area contributed by atoms with Crippen LogP contribution in [-0.2, 0) is 11.3 Å². The van der Waals surface area contributed by atoms with Gasteiger partial charge in [0.15, 0.2) is 0 Å². The molecule has 1 aliphatic rings. The number of para-hydroxylation sites is 1. The largest absolute Gasteiger partial charge is 0.406 e. The zero-order valence-electron chi connectivity index (χ0n) is 14.4. The van der Waals surface area contributed by atoms with Crippen molar-refractivity contribution in [1.82, 2.24) is 25.2 Å². The number of halogens is 1. The fraction of sp³-hybridized carbons (Fsp3) is 0.167. The smallest absolute Gasteiger partial charge is 0.326 e. The number of rotatable bonds is 4. The van der Waals surface area contributed by atoms with Crippen LogP contribution in [0.3, 0.4) is 0 Å². The molecular weight excluding hydrogens is 400 g/mol. The van der Waals surface area contributed by atoms with Crippen LogP contribution in [0, 0.1) is 0 Å². The van der Waals surface area contributed by atoms with Gasteiger partial charge in [0.25, 0.3) is 0 Å². The third kappa shape index (κ3) is 2.92. The van der Waals surface area contributed by atoms with Crippen molar-refractivity contribution in [2.24, 2.45) is 0 Å². The minimum absolute atomic E-state index is 0.101. The van der Waals surface area contributed by atoms with Crippen LogP contribution < -0.4 is 4.90 Å². The molecule has 0 radical (unpaired) electrons. The Balaban J connectivity index is 1.44. The fourth-order valence-corrected chi connectivity index (χ4v) is 4.59. The molecule has 3 heterocycles. The minimum Gasteiger partial charge on any atom is -0.406 e. The van der Waals surface area contributed by atoms with Crippen molar-refractivity contribution in [3.05, 3.63) is 65.0 Å². The number of benzene rings is 2. The highest BCUT2D eigenvalue weighted by Crippen LogP contribution is 2.43. The van der Waals surface area contributed by atoms with Crippen molar-refractivity contribution in [2.75, 3.05) is 10.7 Å². The molecule has 1 aliphatic heterocycles. The number of carbonyl (C=O) groups is 1. The molecule has 10 heteroatoms. The molecule has 0 bridgehead atoms. The van der Waals surface area contributed by atoms with Crippen LogP contribution in [0.25, 0.3) is 11.0 Å². The van der Waals surface area contributed by atoms with E-state index in [1.165, 1.54) is 16.7 Å². The second kappa shape index (κ2) is 6.92. The summed E-state index contributed by atoms with van der Waals surface area (Å²) in [4.78, 5) is 14.0. The number of fused-ring (bicyclic) bond motifs is 1. The Morgan fingerprint density at radius 3 is 2.82 bits per heavy atom. The highest BCUT2D eigenvalue weighted by molar-refractivity contribution is 8.00. The van der Waals surface area contributed by atoms with E-state index in [4.69, 9.17) is 16.0 Å². The van der Waals surface area contributed by atoms with Gasteiger partial charge in [-0.1, -0.05) is 52.2 Å².